The predicted octanol–water partition coefficient (Wildman–Crippen LogP) is 1.60. The SMILES string of the molecule is CC1COC(CN)CN1CC1CCOc2ccccc21. The second-order valence-electron chi connectivity index (χ2n) is 5.87. The maximum Gasteiger partial charge on any atom is 0.122 e. The zero-order valence-corrected chi connectivity index (χ0v) is 12.1. The van der Waals surface area contributed by atoms with Crippen molar-refractivity contribution in [2.45, 2.75) is 31.4 Å². The van der Waals surface area contributed by atoms with Crippen molar-refractivity contribution in [2.24, 2.45) is 5.73 Å². The summed E-state index contributed by atoms with van der Waals surface area (Å²) in [5, 5.41) is 0. The Morgan fingerprint density at radius 2 is 2.20 bits per heavy atom. The predicted molar refractivity (Wildman–Crippen MR) is 79.1 cm³/mol. The fourth-order valence-corrected chi connectivity index (χ4v) is 3.16. The Labute approximate surface area is 120 Å². The van der Waals surface area contributed by atoms with Crippen LogP contribution in [0.3, 0.4) is 0 Å². The molecular formula is C16H24N2O2. The van der Waals surface area contributed by atoms with Crippen LogP contribution in [0.1, 0.15) is 24.8 Å². The number of benzene rings is 1. The molecule has 0 aromatic heterocycles. The summed E-state index contributed by atoms with van der Waals surface area (Å²) in [4.78, 5) is 2.52. The fraction of sp³-hybridized carbons (Fsp3) is 0.625. The van der Waals surface area contributed by atoms with E-state index in [1.54, 1.807) is 0 Å². The van der Waals surface area contributed by atoms with Crippen LogP contribution in [-0.4, -0.2) is 49.9 Å². The number of hydrogen-bond donors (Lipinski definition) is 1. The summed E-state index contributed by atoms with van der Waals surface area (Å²) < 4.78 is 11.5. The van der Waals surface area contributed by atoms with Gasteiger partial charge in [-0.15, -0.1) is 0 Å². The smallest absolute Gasteiger partial charge is 0.122 e. The molecule has 2 heterocycles. The van der Waals surface area contributed by atoms with E-state index < -0.39 is 0 Å². The summed E-state index contributed by atoms with van der Waals surface area (Å²) >= 11 is 0. The van der Waals surface area contributed by atoms with Gasteiger partial charge in [-0.25, -0.2) is 0 Å². The molecule has 4 heteroatoms. The number of rotatable bonds is 3. The van der Waals surface area contributed by atoms with Gasteiger partial charge in [0, 0.05) is 31.6 Å². The monoisotopic (exact) mass is 276 g/mol. The maximum atomic E-state index is 5.75. The Balaban J connectivity index is 1.71. The van der Waals surface area contributed by atoms with Gasteiger partial charge in [0.25, 0.3) is 0 Å². The van der Waals surface area contributed by atoms with Gasteiger partial charge in [-0.05, 0) is 25.0 Å². The molecule has 3 atom stereocenters. The Kier molecular flexibility index (Phi) is 4.24. The van der Waals surface area contributed by atoms with Crippen LogP contribution in [0.25, 0.3) is 0 Å². The summed E-state index contributed by atoms with van der Waals surface area (Å²) in [6, 6.07) is 8.89. The van der Waals surface area contributed by atoms with E-state index in [9.17, 15) is 0 Å². The first-order valence-electron chi connectivity index (χ1n) is 7.55. The van der Waals surface area contributed by atoms with Crippen LogP contribution in [-0.2, 0) is 4.74 Å². The van der Waals surface area contributed by atoms with Crippen molar-refractivity contribution < 1.29 is 9.47 Å². The van der Waals surface area contributed by atoms with Gasteiger partial charge in [0.2, 0.25) is 0 Å². The molecule has 0 bridgehead atoms. The van der Waals surface area contributed by atoms with Crippen molar-refractivity contribution in [1.82, 2.24) is 4.90 Å². The molecule has 20 heavy (non-hydrogen) atoms. The number of nitrogens with zero attached hydrogens (tertiary/aromatic N) is 1. The highest BCUT2D eigenvalue weighted by atomic mass is 16.5. The molecule has 3 rings (SSSR count). The molecular weight excluding hydrogens is 252 g/mol. The molecule has 2 N–H and O–H groups in total. The molecule has 110 valence electrons. The third kappa shape index (κ3) is 2.82. The minimum absolute atomic E-state index is 0.182. The number of fused-ring (bicyclic) bond motifs is 1. The lowest BCUT2D eigenvalue weighted by molar-refractivity contribution is -0.0561. The summed E-state index contributed by atoms with van der Waals surface area (Å²) in [6.07, 6.45) is 1.27. The number of para-hydroxylation sites is 1. The molecule has 1 aromatic carbocycles. The molecule has 2 aliphatic rings. The molecule has 1 saturated heterocycles. The van der Waals surface area contributed by atoms with E-state index in [4.69, 9.17) is 15.2 Å². The largest absolute Gasteiger partial charge is 0.493 e. The van der Waals surface area contributed by atoms with Gasteiger partial charge in [0.05, 0.1) is 19.3 Å². The normalized spacial score (nSPS) is 30.6. The molecule has 2 aliphatic heterocycles. The number of morpholine rings is 1. The molecule has 0 aliphatic carbocycles. The summed E-state index contributed by atoms with van der Waals surface area (Å²) in [6.45, 7) is 6.46. The van der Waals surface area contributed by atoms with Crippen LogP contribution in [0.15, 0.2) is 24.3 Å². The second kappa shape index (κ2) is 6.12. The van der Waals surface area contributed by atoms with E-state index in [-0.39, 0.29) is 6.10 Å². The highest BCUT2D eigenvalue weighted by molar-refractivity contribution is 5.38. The first-order valence-corrected chi connectivity index (χ1v) is 7.55. The van der Waals surface area contributed by atoms with E-state index in [2.05, 4.69) is 30.0 Å². The van der Waals surface area contributed by atoms with Crippen molar-refractivity contribution in [3.05, 3.63) is 29.8 Å². The summed E-state index contributed by atoms with van der Waals surface area (Å²) in [7, 11) is 0. The molecule has 1 aromatic rings. The Morgan fingerprint density at radius 1 is 1.35 bits per heavy atom. The van der Waals surface area contributed by atoms with Crippen molar-refractivity contribution in [3.8, 4) is 5.75 Å². The van der Waals surface area contributed by atoms with Gasteiger partial charge in [-0.2, -0.15) is 0 Å². The minimum atomic E-state index is 0.182. The molecule has 0 radical (unpaired) electrons. The van der Waals surface area contributed by atoms with Crippen LogP contribution in [0, 0.1) is 0 Å². The van der Waals surface area contributed by atoms with Crippen LogP contribution in [0.5, 0.6) is 5.75 Å². The Hall–Kier alpha value is -1.10. The van der Waals surface area contributed by atoms with E-state index in [0.717, 1.165) is 38.5 Å². The van der Waals surface area contributed by atoms with E-state index in [1.165, 1.54) is 5.56 Å². The molecule has 0 saturated carbocycles. The zero-order chi connectivity index (χ0) is 13.9. The highest BCUT2D eigenvalue weighted by Gasteiger charge is 2.29. The standard InChI is InChI=1S/C16H24N2O2/c1-12-11-20-14(8-17)10-18(12)9-13-6-7-19-16-5-3-2-4-15(13)16/h2-5,12-14H,6-11,17H2,1H3. The van der Waals surface area contributed by atoms with Gasteiger partial charge >= 0.3 is 0 Å². The number of hydrogen-bond acceptors (Lipinski definition) is 4. The Morgan fingerprint density at radius 3 is 3.05 bits per heavy atom. The van der Waals surface area contributed by atoms with E-state index in [0.29, 0.717) is 18.5 Å². The lowest BCUT2D eigenvalue weighted by Gasteiger charge is -2.40. The molecule has 0 spiro atoms. The Bertz CT molecular complexity index is 452. The van der Waals surface area contributed by atoms with Crippen LogP contribution >= 0.6 is 0 Å². The van der Waals surface area contributed by atoms with Gasteiger partial charge < -0.3 is 15.2 Å². The van der Waals surface area contributed by atoms with E-state index in [1.807, 2.05) is 6.07 Å². The maximum absolute atomic E-state index is 5.75. The quantitative estimate of drug-likeness (QED) is 0.911. The van der Waals surface area contributed by atoms with Crippen LogP contribution < -0.4 is 10.5 Å². The minimum Gasteiger partial charge on any atom is -0.493 e. The topological polar surface area (TPSA) is 47.7 Å². The van der Waals surface area contributed by atoms with Crippen LogP contribution in [0.2, 0.25) is 0 Å². The van der Waals surface area contributed by atoms with Crippen LogP contribution in [0.4, 0.5) is 0 Å². The lowest BCUT2D eigenvalue weighted by Crippen LogP contribution is -2.51. The van der Waals surface area contributed by atoms with Gasteiger partial charge in [0.15, 0.2) is 0 Å². The first kappa shape index (κ1) is 13.9. The van der Waals surface area contributed by atoms with Gasteiger partial charge in [0.1, 0.15) is 5.75 Å². The van der Waals surface area contributed by atoms with Crippen molar-refractivity contribution >= 4 is 0 Å². The zero-order valence-electron chi connectivity index (χ0n) is 12.1. The number of nitrogens with two attached hydrogens (primary N) is 1. The highest BCUT2D eigenvalue weighted by Crippen LogP contribution is 2.34. The molecule has 3 unspecified atom stereocenters. The molecule has 0 amide bonds. The molecule has 1 fully saturated rings. The molecule has 4 nitrogen and oxygen atoms in total. The summed E-state index contributed by atoms with van der Waals surface area (Å²) in [5.74, 6) is 1.61. The average molecular weight is 276 g/mol. The second-order valence-corrected chi connectivity index (χ2v) is 5.87. The lowest BCUT2D eigenvalue weighted by atomic mass is 9.92. The number of ether oxygens (including phenoxy) is 2. The third-order valence-electron chi connectivity index (χ3n) is 4.44. The first-order chi connectivity index (χ1) is 9.78. The van der Waals surface area contributed by atoms with Crippen molar-refractivity contribution in [1.29, 1.82) is 0 Å². The van der Waals surface area contributed by atoms with Crippen molar-refractivity contribution in [3.63, 3.8) is 0 Å². The average Bonchev–Trinajstić information content (AvgIpc) is 2.50. The summed E-state index contributed by atoms with van der Waals surface area (Å²) in [5.41, 5.74) is 7.10. The van der Waals surface area contributed by atoms with Crippen molar-refractivity contribution in [2.75, 3.05) is 32.8 Å². The third-order valence-corrected chi connectivity index (χ3v) is 4.44. The van der Waals surface area contributed by atoms with Gasteiger partial charge in [-0.1, -0.05) is 18.2 Å². The fourth-order valence-electron chi connectivity index (χ4n) is 3.16. The van der Waals surface area contributed by atoms with Gasteiger partial charge in [-0.3, -0.25) is 4.90 Å². The van der Waals surface area contributed by atoms with E-state index >= 15 is 0 Å².